The first-order chi connectivity index (χ1) is 8.99. The van der Waals surface area contributed by atoms with Crippen LogP contribution in [0.15, 0.2) is 22.7 Å². The van der Waals surface area contributed by atoms with E-state index in [1.54, 1.807) is 13.8 Å². The van der Waals surface area contributed by atoms with Crippen LogP contribution in [0, 0.1) is 5.82 Å². The molecule has 6 heteroatoms. The van der Waals surface area contributed by atoms with E-state index in [1.807, 2.05) is 0 Å². The zero-order valence-electron chi connectivity index (χ0n) is 10.9. The van der Waals surface area contributed by atoms with Crippen LogP contribution >= 0.6 is 15.9 Å². The van der Waals surface area contributed by atoms with E-state index in [1.165, 1.54) is 17.0 Å². The minimum atomic E-state index is -0.486. The van der Waals surface area contributed by atoms with Gasteiger partial charge in [0.05, 0.1) is 12.1 Å². The molecule has 0 radical (unpaired) electrons. The van der Waals surface area contributed by atoms with E-state index in [4.69, 9.17) is 0 Å². The molecule has 0 heterocycles. The molecule has 0 aliphatic heterocycles. The average Bonchev–Trinajstić information content (AvgIpc) is 2.38. The summed E-state index contributed by atoms with van der Waals surface area (Å²) in [7, 11) is 0. The zero-order valence-corrected chi connectivity index (χ0v) is 12.5. The van der Waals surface area contributed by atoms with E-state index in [-0.39, 0.29) is 23.9 Å². The van der Waals surface area contributed by atoms with Crippen molar-refractivity contribution >= 4 is 27.7 Å². The lowest BCUT2D eigenvalue weighted by atomic mass is 10.2. The molecule has 0 unspecified atom stereocenters. The number of amides is 2. The Labute approximate surface area is 120 Å². The van der Waals surface area contributed by atoms with E-state index in [0.717, 1.165) is 6.07 Å². The Morgan fingerprint density at radius 2 is 2.05 bits per heavy atom. The van der Waals surface area contributed by atoms with Gasteiger partial charge in [0.15, 0.2) is 0 Å². The number of hydrogen-bond acceptors (Lipinski definition) is 2. The quantitative estimate of drug-likeness (QED) is 0.899. The molecule has 0 spiro atoms. The Balaban J connectivity index is 2.89. The summed E-state index contributed by atoms with van der Waals surface area (Å²) in [4.78, 5) is 25.1. The second kappa shape index (κ2) is 7.23. The van der Waals surface area contributed by atoms with Crippen molar-refractivity contribution in [2.45, 2.75) is 13.8 Å². The van der Waals surface area contributed by atoms with E-state index in [9.17, 15) is 14.0 Å². The summed E-state index contributed by atoms with van der Waals surface area (Å²) in [6.07, 6.45) is 0. The van der Waals surface area contributed by atoms with Gasteiger partial charge in [-0.05, 0) is 48.0 Å². The predicted octanol–water partition coefficient (Wildman–Crippen LogP) is 2.19. The number of carbonyl (C=O) groups excluding carboxylic acids is 2. The molecule has 0 atom stereocenters. The highest BCUT2D eigenvalue weighted by Gasteiger charge is 2.19. The Hall–Kier alpha value is -1.43. The lowest BCUT2D eigenvalue weighted by molar-refractivity contribution is -0.121. The fourth-order valence-corrected chi connectivity index (χ4v) is 2.00. The highest BCUT2D eigenvalue weighted by Crippen LogP contribution is 2.19. The largest absolute Gasteiger partial charge is 0.355 e. The predicted molar refractivity (Wildman–Crippen MR) is 74.4 cm³/mol. The number of nitrogens with one attached hydrogen (secondary N) is 1. The SMILES string of the molecule is CCNC(=O)CN(CC)C(=O)c1cc(F)ccc1Br. The van der Waals surface area contributed by atoms with Gasteiger partial charge in [-0.15, -0.1) is 0 Å². The van der Waals surface area contributed by atoms with Crippen LogP contribution < -0.4 is 5.32 Å². The Morgan fingerprint density at radius 1 is 1.37 bits per heavy atom. The van der Waals surface area contributed by atoms with Crippen molar-refractivity contribution in [1.29, 1.82) is 0 Å². The molecule has 0 saturated carbocycles. The van der Waals surface area contributed by atoms with Gasteiger partial charge in [-0.1, -0.05) is 0 Å². The second-order valence-electron chi connectivity index (χ2n) is 3.90. The Kier molecular flexibility index (Phi) is 5.95. The Bertz CT molecular complexity index is 480. The first-order valence-electron chi connectivity index (χ1n) is 6.00. The van der Waals surface area contributed by atoms with Crippen LogP contribution in [-0.2, 0) is 4.79 Å². The molecule has 4 nitrogen and oxygen atoms in total. The van der Waals surface area contributed by atoms with Gasteiger partial charge in [0, 0.05) is 17.6 Å². The van der Waals surface area contributed by atoms with Crippen LogP contribution in [0.1, 0.15) is 24.2 Å². The number of carbonyl (C=O) groups is 2. The highest BCUT2D eigenvalue weighted by atomic mass is 79.9. The van der Waals surface area contributed by atoms with Crippen LogP contribution in [0.2, 0.25) is 0 Å². The van der Waals surface area contributed by atoms with Gasteiger partial charge in [-0.25, -0.2) is 4.39 Å². The molecular formula is C13H16BrFN2O2. The third-order valence-electron chi connectivity index (χ3n) is 2.54. The van der Waals surface area contributed by atoms with Crippen molar-refractivity contribution in [2.24, 2.45) is 0 Å². The summed E-state index contributed by atoms with van der Waals surface area (Å²) < 4.78 is 13.7. The van der Waals surface area contributed by atoms with Gasteiger partial charge in [-0.3, -0.25) is 9.59 Å². The van der Waals surface area contributed by atoms with Crippen molar-refractivity contribution in [3.63, 3.8) is 0 Å². The van der Waals surface area contributed by atoms with Gasteiger partial charge in [0.2, 0.25) is 5.91 Å². The van der Waals surface area contributed by atoms with E-state index in [2.05, 4.69) is 21.2 Å². The molecule has 0 fully saturated rings. The van der Waals surface area contributed by atoms with Crippen molar-refractivity contribution in [2.75, 3.05) is 19.6 Å². The smallest absolute Gasteiger partial charge is 0.255 e. The van der Waals surface area contributed by atoms with Gasteiger partial charge in [0.1, 0.15) is 5.82 Å². The summed E-state index contributed by atoms with van der Waals surface area (Å²) in [6.45, 7) is 4.42. The molecule has 0 bridgehead atoms. The van der Waals surface area contributed by atoms with Gasteiger partial charge >= 0.3 is 0 Å². The van der Waals surface area contributed by atoms with Gasteiger partial charge < -0.3 is 10.2 Å². The third kappa shape index (κ3) is 4.31. The topological polar surface area (TPSA) is 49.4 Å². The summed E-state index contributed by atoms with van der Waals surface area (Å²) in [5, 5.41) is 2.62. The van der Waals surface area contributed by atoms with Crippen LogP contribution in [0.3, 0.4) is 0 Å². The lowest BCUT2D eigenvalue weighted by Crippen LogP contribution is -2.40. The number of benzene rings is 1. The number of rotatable bonds is 5. The first-order valence-corrected chi connectivity index (χ1v) is 6.79. The van der Waals surface area contributed by atoms with E-state index >= 15 is 0 Å². The summed E-state index contributed by atoms with van der Waals surface area (Å²) in [5.41, 5.74) is 0.214. The van der Waals surface area contributed by atoms with Crippen molar-refractivity contribution in [3.8, 4) is 0 Å². The maximum absolute atomic E-state index is 13.2. The molecule has 0 aliphatic rings. The fraction of sp³-hybridized carbons (Fsp3) is 0.385. The van der Waals surface area contributed by atoms with Crippen LogP contribution in [0.25, 0.3) is 0 Å². The molecule has 1 aromatic rings. The van der Waals surface area contributed by atoms with E-state index < -0.39 is 5.82 Å². The first kappa shape index (κ1) is 15.6. The van der Waals surface area contributed by atoms with Gasteiger partial charge in [-0.2, -0.15) is 0 Å². The number of halogens is 2. The normalized spacial score (nSPS) is 10.1. The minimum absolute atomic E-state index is 0.0356. The lowest BCUT2D eigenvalue weighted by Gasteiger charge is -2.20. The fourth-order valence-electron chi connectivity index (χ4n) is 1.59. The number of nitrogens with zero attached hydrogens (tertiary/aromatic N) is 1. The van der Waals surface area contributed by atoms with Crippen molar-refractivity contribution in [1.82, 2.24) is 10.2 Å². The summed E-state index contributed by atoms with van der Waals surface area (Å²) in [6, 6.07) is 3.90. The van der Waals surface area contributed by atoms with E-state index in [0.29, 0.717) is 17.6 Å². The van der Waals surface area contributed by atoms with Crippen LogP contribution in [0.4, 0.5) is 4.39 Å². The molecule has 1 aromatic carbocycles. The van der Waals surface area contributed by atoms with Crippen LogP contribution in [0.5, 0.6) is 0 Å². The molecule has 1 N–H and O–H groups in total. The average molecular weight is 331 g/mol. The van der Waals surface area contributed by atoms with Gasteiger partial charge in [0.25, 0.3) is 5.91 Å². The third-order valence-corrected chi connectivity index (χ3v) is 3.23. The number of likely N-dealkylation sites (N-methyl/N-ethyl adjacent to an activating group) is 2. The van der Waals surface area contributed by atoms with Crippen molar-refractivity contribution in [3.05, 3.63) is 34.1 Å². The second-order valence-corrected chi connectivity index (χ2v) is 4.75. The molecule has 0 saturated heterocycles. The molecule has 104 valence electrons. The monoisotopic (exact) mass is 330 g/mol. The molecule has 0 aliphatic carbocycles. The molecule has 1 rings (SSSR count). The molecule has 0 aromatic heterocycles. The van der Waals surface area contributed by atoms with Crippen LogP contribution in [-0.4, -0.2) is 36.3 Å². The maximum Gasteiger partial charge on any atom is 0.255 e. The number of hydrogen-bond donors (Lipinski definition) is 1. The van der Waals surface area contributed by atoms with Crippen molar-refractivity contribution < 1.29 is 14.0 Å². The zero-order chi connectivity index (χ0) is 14.4. The summed E-state index contributed by atoms with van der Waals surface area (Å²) >= 11 is 3.21. The molecule has 19 heavy (non-hydrogen) atoms. The molecular weight excluding hydrogens is 315 g/mol. The minimum Gasteiger partial charge on any atom is -0.355 e. The standard InChI is InChI=1S/C13H16BrFN2O2/c1-3-16-12(18)8-17(4-2)13(19)10-7-9(15)5-6-11(10)14/h5-7H,3-4,8H2,1-2H3,(H,16,18). The summed E-state index contributed by atoms with van der Waals surface area (Å²) in [5.74, 6) is -1.09. The highest BCUT2D eigenvalue weighted by molar-refractivity contribution is 9.10. The molecule has 2 amide bonds. The Morgan fingerprint density at radius 3 is 2.63 bits per heavy atom. The maximum atomic E-state index is 13.2.